The second-order valence-corrected chi connectivity index (χ2v) is 9.52. The number of sulfonamides is 1. The van der Waals surface area contributed by atoms with E-state index in [1.807, 2.05) is 56.3 Å². The van der Waals surface area contributed by atoms with E-state index >= 15 is 0 Å². The van der Waals surface area contributed by atoms with Crippen LogP contribution in [-0.2, 0) is 14.8 Å². The summed E-state index contributed by atoms with van der Waals surface area (Å²) in [4.78, 5) is 12.9. The average molecular weight is 425 g/mol. The van der Waals surface area contributed by atoms with Gasteiger partial charge in [0.05, 0.1) is 17.1 Å². The summed E-state index contributed by atoms with van der Waals surface area (Å²) in [5.41, 5.74) is 1.11. The minimum absolute atomic E-state index is 0.158. The monoisotopic (exact) mass is 424 g/mol. The van der Waals surface area contributed by atoms with Crippen molar-refractivity contribution >= 4 is 32.4 Å². The van der Waals surface area contributed by atoms with E-state index < -0.39 is 10.0 Å². The van der Waals surface area contributed by atoms with Gasteiger partial charge in [0.15, 0.2) is 0 Å². The minimum atomic E-state index is -3.64. The predicted molar refractivity (Wildman–Crippen MR) is 117 cm³/mol. The summed E-state index contributed by atoms with van der Waals surface area (Å²) in [6.07, 6.45) is -0.316. The van der Waals surface area contributed by atoms with Gasteiger partial charge in [-0.3, -0.25) is 4.79 Å². The molecule has 1 saturated heterocycles. The molecule has 3 aromatic rings. The molecular formula is C23H24N2O4S. The standard InChI is InChI=1S/C23H24N2O4S/c1-16-14-25(15-17(2)29-16)30(27,28)20-12-10-19(11-13-20)23(26)24-22-9-5-7-18-6-3-4-8-21(18)22/h3-13,16-17H,14-15H2,1-2H3,(H,24,26)/t16-,17-/m0/s1. The fourth-order valence-corrected chi connectivity index (χ4v) is 5.37. The van der Waals surface area contributed by atoms with Gasteiger partial charge in [-0.15, -0.1) is 0 Å². The quantitative estimate of drug-likeness (QED) is 0.689. The van der Waals surface area contributed by atoms with Crippen LogP contribution in [0.25, 0.3) is 10.8 Å². The summed E-state index contributed by atoms with van der Waals surface area (Å²) in [5.74, 6) is -0.288. The molecule has 0 radical (unpaired) electrons. The van der Waals surface area contributed by atoms with Gasteiger partial charge in [-0.1, -0.05) is 36.4 Å². The number of carbonyl (C=O) groups excluding carboxylic acids is 1. The smallest absolute Gasteiger partial charge is 0.255 e. The van der Waals surface area contributed by atoms with Crippen LogP contribution in [0.1, 0.15) is 24.2 Å². The largest absolute Gasteiger partial charge is 0.373 e. The number of hydrogen-bond donors (Lipinski definition) is 1. The molecule has 0 unspecified atom stereocenters. The van der Waals surface area contributed by atoms with Crippen LogP contribution in [0.5, 0.6) is 0 Å². The van der Waals surface area contributed by atoms with Crippen molar-refractivity contribution in [1.29, 1.82) is 0 Å². The Labute approximate surface area is 176 Å². The zero-order valence-corrected chi connectivity index (χ0v) is 17.7. The third-order valence-corrected chi connectivity index (χ3v) is 7.02. The lowest BCUT2D eigenvalue weighted by atomic mass is 10.1. The Hall–Kier alpha value is -2.74. The Morgan fingerprint density at radius 3 is 2.27 bits per heavy atom. The molecule has 6 nitrogen and oxygen atoms in total. The summed E-state index contributed by atoms with van der Waals surface area (Å²) >= 11 is 0. The molecule has 0 bridgehead atoms. The van der Waals surface area contributed by atoms with Crippen molar-refractivity contribution in [2.24, 2.45) is 0 Å². The van der Waals surface area contributed by atoms with Gasteiger partial charge in [0, 0.05) is 29.7 Å². The van der Waals surface area contributed by atoms with Crippen molar-refractivity contribution < 1.29 is 17.9 Å². The van der Waals surface area contributed by atoms with Gasteiger partial charge in [0.25, 0.3) is 5.91 Å². The molecule has 1 N–H and O–H groups in total. The minimum Gasteiger partial charge on any atom is -0.373 e. The molecule has 1 heterocycles. The van der Waals surface area contributed by atoms with Gasteiger partial charge in [0.1, 0.15) is 0 Å². The number of nitrogens with one attached hydrogen (secondary N) is 1. The second kappa shape index (κ2) is 8.18. The van der Waals surface area contributed by atoms with E-state index in [2.05, 4.69) is 5.32 Å². The van der Waals surface area contributed by atoms with Crippen LogP contribution >= 0.6 is 0 Å². The SMILES string of the molecule is C[C@H]1CN(S(=O)(=O)c2ccc(C(=O)Nc3cccc4ccccc34)cc2)C[C@H](C)O1. The molecule has 0 aliphatic carbocycles. The van der Waals surface area contributed by atoms with Crippen LogP contribution in [0.2, 0.25) is 0 Å². The van der Waals surface area contributed by atoms with Gasteiger partial charge in [-0.2, -0.15) is 4.31 Å². The number of amides is 1. The molecule has 30 heavy (non-hydrogen) atoms. The lowest BCUT2D eigenvalue weighted by molar-refractivity contribution is -0.0440. The van der Waals surface area contributed by atoms with Gasteiger partial charge in [-0.05, 0) is 49.6 Å². The number of fused-ring (bicyclic) bond motifs is 1. The van der Waals surface area contributed by atoms with Crippen LogP contribution in [0.4, 0.5) is 5.69 Å². The van der Waals surface area contributed by atoms with Crippen LogP contribution in [0.15, 0.2) is 71.6 Å². The van der Waals surface area contributed by atoms with Crippen LogP contribution in [0.3, 0.4) is 0 Å². The Morgan fingerprint density at radius 2 is 1.57 bits per heavy atom. The first-order chi connectivity index (χ1) is 14.3. The molecule has 1 amide bonds. The molecule has 1 fully saturated rings. The van der Waals surface area contributed by atoms with E-state index in [0.29, 0.717) is 24.3 Å². The van der Waals surface area contributed by atoms with Gasteiger partial charge < -0.3 is 10.1 Å². The lowest BCUT2D eigenvalue weighted by Crippen LogP contribution is -2.48. The van der Waals surface area contributed by atoms with E-state index in [-0.39, 0.29) is 23.0 Å². The summed E-state index contributed by atoms with van der Waals surface area (Å²) in [6.45, 7) is 4.35. The summed E-state index contributed by atoms with van der Waals surface area (Å²) in [5, 5.41) is 4.90. The van der Waals surface area contributed by atoms with Crippen molar-refractivity contribution in [2.75, 3.05) is 18.4 Å². The highest BCUT2D eigenvalue weighted by Crippen LogP contribution is 2.25. The maximum absolute atomic E-state index is 13.0. The topological polar surface area (TPSA) is 75.7 Å². The molecule has 1 aliphatic heterocycles. The maximum atomic E-state index is 13.0. The third-order valence-electron chi connectivity index (χ3n) is 5.18. The Kier molecular flexibility index (Phi) is 5.60. The summed E-state index contributed by atoms with van der Waals surface area (Å²) in [7, 11) is -3.64. The number of hydrogen-bond acceptors (Lipinski definition) is 4. The number of carbonyl (C=O) groups is 1. The fourth-order valence-electron chi connectivity index (χ4n) is 3.78. The van der Waals surface area contributed by atoms with Gasteiger partial charge >= 0.3 is 0 Å². The van der Waals surface area contributed by atoms with Crippen molar-refractivity contribution in [2.45, 2.75) is 31.0 Å². The zero-order valence-electron chi connectivity index (χ0n) is 16.9. The Morgan fingerprint density at radius 1 is 0.933 bits per heavy atom. The van der Waals surface area contributed by atoms with Crippen LogP contribution in [0, 0.1) is 0 Å². The maximum Gasteiger partial charge on any atom is 0.255 e. The molecule has 4 rings (SSSR count). The van der Waals surface area contributed by atoms with Gasteiger partial charge in [-0.25, -0.2) is 8.42 Å². The second-order valence-electron chi connectivity index (χ2n) is 7.58. The number of ether oxygens (including phenoxy) is 1. The fraction of sp³-hybridized carbons (Fsp3) is 0.261. The molecule has 3 aromatic carbocycles. The van der Waals surface area contributed by atoms with Crippen molar-refractivity contribution in [3.63, 3.8) is 0 Å². The lowest BCUT2D eigenvalue weighted by Gasteiger charge is -2.34. The highest BCUT2D eigenvalue weighted by Gasteiger charge is 2.32. The molecular weight excluding hydrogens is 400 g/mol. The molecule has 1 aliphatic rings. The number of benzene rings is 3. The van der Waals surface area contributed by atoms with Crippen molar-refractivity contribution in [3.05, 3.63) is 72.3 Å². The molecule has 0 spiro atoms. The van der Waals surface area contributed by atoms with E-state index in [4.69, 9.17) is 4.74 Å². The van der Waals surface area contributed by atoms with Gasteiger partial charge in [0.2, 0.25) is 10.0 Å². The average Bonchev–Trinajstić information content (AvgIpc) is 2.73. The van der Waals surface area contributed by atoms with E-state index in [0.717, 1.165) is 10.8 Å². The molecule has 0 aromatic heterocycles. The zero-order chi connectivity index (χ0) is 21.3. The molecule has 2 atom stereocenters. The van der Waals surface area contributed by atoms with E-state index in [1.165, 1.54) is 16.4 Å². The normalized spacial score (nSPS) is 20.2. The van der Waals surface area contributed by atoms with Crippen LogP contribution < -0.4 is 5.32 Å². The van der Waals surface area contributed by atoms with E-state index in [9.17, 15) is 13.2 Å². The number of rotatable bonds is 4. The summed E-state index contributed by atoms with van der Waals surface area (Å²) in [6, 6.07) is 19.6. The van der Waals surface area contributed by atoms with Crippen molar-refractivity contribution in [3.8, 4) is 0 Å². The van der Waals surface area contributed by atoms with E-state index in [1.54, 1.807) is 12.1 Å². The highest BCUT2D eigenvalue weighted by atomic mass is 32.2. The first-order valence-electron chi connectivity index (χ1n) is 9.89. The predicted octanol–water partition coefficient (Wildman–Crippen LogP) is 3.89. The third kappa shape index (κ3) is 4.09. The molecule has 7 heteroatoms. The molecule has 156 valence electrons. The number of morpholine rings is 1. The first-order valence-corrected chi connectivity index (χ1v) is 11.3. The molecule has 0 saturated carbocycles. The number of anilines is 1. The van der Waals surface area contributed by atoms with Crippen LogP contribution in [-0.4, -0.2) is 43.9 Å². The summed E-state index contributed by atoms with van der Waals surface area (Å²) < 4.78 is 33.0. The Balaban J connectivity index is 1.53. The van der Waals surface area contributed by atoms with Crippen molar-refractivity contribution in [1.82, 2.24) is 4.31 Å². The Bertz CT molecular complexity index is 1160. The highest BCUT2D eigenvalue weighted by molar-refractivity contribution is 7.89. The number of nitrogens with zero attached hydrogens (tertiary/aromatic N) is 1. The first kappa shape index (κ1) is 20.5.